The molecule has 2 rings (SSSR count). The zero-order chi connectivity index (χ0) is 20.0. The Labute approximate surface area is 167 Å². The highest BCUT2D eigenvalue weighted by atomic mass is 16.5. The zero-order valence-electron chi connectivity index (χ0n) is 16.7. The summed E-state index contributed by atoms with van der Waals surface area (Å²) in [6.45, 7) is 2.49. The van der Waals surface area contributed by atoms with Crippen LogP contribution in [0.15, 0.2) is 54.6 Å². The van der Waals surface area contributed by atoms with Crippen molar-refractivity contribution in [1.29, 1.82) is 0 Å². The fourth-order valence-electron chi connectivity index (χ4n) is 2.80. The molecule has 28 heavy (non-hydrogen) atoms. The van der Waals surface area contributed by atoms with E-state index in [1.54, 1.807) is 20.3 Å². The Morgan fingerprint density at radius 2 is 1.68 bits per heavy atom. The molecule has 5 nitrogen and oxygen atoms in total. The highest BCUT2D eigenvalue weighted by molar-refractivity contribution is 5.91. The number of amides is 1. The second-order valence-electron chi connectivity index (χ2n) is 6.43. The summed E-state index contributed by atoms with van der Waals surface area (Å²) >= 11 is 0. The summed E-state index contributed by atoms with van der Waals surface area (Å²) in [6, 6.07) is 15.8. The van der Waals surface area contributed by atoms with Gasteiger partial charge in [0.2, 0.25) is 5.91 Å². The molecule has 150 valence electrons. The quantitative estimate of drug-likeness (QED) is 0.436. The Morgan fingerprint density at radius 1 is 0.929 bits per heavy atom. The van der Waals surface area contributed by atoms with Gasteiger partial charge in [-0.05, 0) is 61.7 Å². The van der Waals surface area contributed by atoms with Crippen molar-refractivity contribution in [3.8, 4) is 11.5 Å². The average molecular weight is 383 g/mol. The molecule has 0 heterocycles. The standard InChI is InChI=1S/C23H30N2O3/c1-27-21-13-11-20(18-22(21)28-2)10-6-15-24-16-7-17-25-23(26)14-12-19-8-4-3-5-9-19/h3-5,8-9,11-14,18,24H,6-7,10,15-17H2,1-2H3,(H,25,26)/b14-12+. The molecule has 0 aliphatic carbocycles. The van der Waals surface area contributed by atoms with Gasteiger partial charge >= 0.3 is 0 Å². The lowest BCUT2D eigenvalue weighted by Gasteiger charge is -2.10. The number of aryl methyl sites for hydroxylation is 1. The zero-order valence-corrected chi connectivity index (χ0v) is 16.7. The minimum atomic E-state index is -0.0580. The Balaban J connectivity index is 1.53. The number of hydrogen-bond donors (Lipinski definition) is 2. The molecular weight excluding hydrogens is 352 g/mol. The van der Waals surface area contributed by atoms with Crippen LogP contribution in [0.1, 0.15) is 24.0 Å². The van der Waals surface area contributed by atoms with Crippen molar-refractivity contribution in [3.63, 3.8) is 0 Å². The SMILES string of the molecule is COc1ccc(CCCNCCCNC(=O)/C=C/c2ccccc2)cc1OC. The second-order valence-corrected chi connectivity index (χ2v) is 6.43. The van der Waals surface area contributed by atoms with Crippen LogP contribution in [0.2, 0.25) is 0 Å². The Bertz CT molecular complexity index is 745. The molecule has 2 aromatic carbocycles. The van der Waals surface area contributed by atoms with Crippen molar-refractivity contribution in [2.24, 2.45) is 0 Å². The van der Waals surface area contributed by atoms with E-state index in [1.807, 2.05) is 48.5 Å². The van der Waals surface area contributed by atoms with E-state index in [0.29, 0.717) is 6.54 Å². The van der Waals surface area contributed by atoms with E-state index in [0.717, 1.165) is 49.4 Å². The minimum absolute atomic E-state index is 0.0580. The lowest BCUT2D eigenvalue weighted by molar-refractivity contribution is -0.116. The first-order chi connectivity index (χ1) is 13.7. The highest BCUT2D eigenvalue weighted by Crippen LogP contribution is 2.27. The van der Waals surface area contributed by atoms with Crippen molar-refractivity contribution in [3.05, 3.63) is 65.7 Å². The van der Waals surface area contributed by atoms with Crippen LogP contribution < -0.4 is 20.1 Å². The first kappa shape index (κ1) is 21.5. The molecule has 0 fully saturated rings. The van der Waals surface area contributed by atoms with E-state index >= 15 is 0 Å². The minimum Gasteiger partial charge on any atom is -0.493 e. The van der Waals surface area contributed by atoms with Gasteiger partial charge in [-0.15, -0.1) is 0 Å². The fraction of sp³-hybridized carbons (Fsp3) is 0.348. The summed E-state index contributed by atoms with van der Waals surface area (Å²) in [5.74, 6) is 1.47. The number of benzene rings is 2. The monoisotopic (exact) mass is 382 g/mol. The molecule has 0 unspecified atom stereocenters. The van der Waals surface area contributed by atoms with Gasteiger partial charge in [0.15, 0.2) is 11.5 Å². The van der Waals surface area contributed by atoms with Crippen LogP contribution in [0.5, 0.6) is 11.5 Å². The maximum absolute atomic E-state index is 11.8. The van der Waals surface area contributed by atoms with Crippen molar-refractivity contribution in [1.82, 2.24) is 10.6 Å². The summed E-state index contributed by atoms with van der Waals surface area (Å²) < 4.78 is 10.6. The summed E-state index contributed by atoms with van der Waals surface area (Å²) in [6.07, 6.45) is 6.32. The number of ether oxygens (including phenoxy) is 2. The van der Waals surface area contributed by atoms with Gasteiger partial charge in [-0.1, -0.05) is 36.4 Å². The lowest BCUT2D eigenvalue weighted by Crippen LogP contribution is -2.26. The molecule has 0 aromatic heterocycles. The van der Waals surface area contributed by atoms with Gasteiger partial charge < -0.3 is 20.1 Å². The van der Waals surface area contributed by atoms with Crippen molar-refractivity contribution in [2.45, 2.75) is 19.3 Å². The largest absolute Gasteiger partial charge is 0.493 e. The number of carbonyl (C=O) groups excluding carboxylic acids is 1. The van der Waals surface area contributed by atoms with Gasteiger partial charge in [0.05, 0.1) is 14.2 Å². The van der Waals surface area contributed by atoms with Gasteiger partial charge in [0.1, 0.15) is 0 Å². The Kier molecular flexibility index (Phi) is 9.66. The van der Waals surface area contributed by atoms with Crippen LogP contribution >= 0.6 is 0 Å². The van der Waals surface area contributed by atoms with Crippen LogP contribution in [-0.2, 0) is 11.2 Å². The maximum Gasteiger partial charge on any atom is 0.243 e. The normalized spacial score (nSPS) is 10.8. The van der Waals surface area contributed by atoms with Crippen LogP contribution in [0.25, 0.3) is 6.08 Å². The fourth-order valence-corrected chi connectivity index (χ4v) is 2.80. The molecule has 0 saturated heterocycles. The van der Waals surface area contributed by atoms with Crippen LogP contribution in [0.3, 0.4) is 0 Å². The number of rotatable bonds is 12. The van der Waals surface area contributed by atoms with Gasteiger partial charge in [0.25, 0.3) is 0 Å². The maximum atomic E-state index is 11.8. The first-order valence-corrected chi connectivity index (χ1v) is 9.65. The van der Waals surface area contributed by atoms with Gasteiger partial charge in [-0.2, -0.15) is 0 Å². The van der Waals surface area contributed by atoms with E-state index in [4.69, 9.17) is 9.47 Å². The molecule has 0 radical (unpaired) electrons. The predicted octanol–water partition coefficient (Wildman–Crippen LogP) is 3.45. The number of carbonyl (C=O) groups is 1. The molecule has 0 saturated carbocycles. The van der Waals surface area contributed by atoms with E-state index < -0.39 is 0 Å². The third kappa shape index (κ3) is 7.84. The number of hydrogen-bond acceptors (Lipinski definition) is 4. The summed E-state index contributed by atoms with van der Waals surface area (Å²) in [7, 11) is 3.29. The molecule has 0 aliphatic heterocycles. The van der Waals surface area contributed by atoms with Gasteiger partial charge in [0, 0.05) is 12.6 Å². The highest BCUT2D eigenvalue weighted by Gasteiger charge is 2.04. The van der Waals surface area contributed by atoms with Crippen molar-refractivity contribution >= 4 is 12.0 Å². The predicted molar refractivity (Wildman–Crippen MR) is 114 cm³/mol. The van der Waals surface area contributed by atoms with Gasteiger partial charge in [-0.3, -0.25) is 4.79 Å². The second kappa shape index (κ2) is 12.6. The summed E-state index contributed by atoms with van der Waals surface area (Å²) in [5.41, 5.74) is 2.26. The first-order valence-electron chi connectivity index (χ1n) is 9.65. The topological polar surface area (TPSA) is 59.6 Å². The van der Waals surface area contributed by atoms with E-state index in [2.05, 4.69) is 16.7 Å². The molecule has 0 atom stereocenters. The van der Waals surface area contributed by atoms with Crippen molar-refractivity contribution in [2.75, 3.05) is 33.9 Å². The number of nitrogens with one attached hydrogen (secondary N) is 2. The third-order valence-corrected chi connectivity index (χ3v) is 4.32. The third-order valence-electron chi connectivity index (χ3n) is 4.32. The van der Waals surface area contributed by atoms with Crippen LogP contribution in [-0.4, -0.2) is 39.8 Å². The number of methoxy groups -OCH3 is 2. The van der Waals surface area contributed by atoms with Crippen LogP contribution in [0.4, 0.5) is 0 Å². The molecule has 0 bridgehead atoms. The molecule has 0 spiro atoms. The molecule has 5 heteroatoms. The van der Waals surface area contributed by atoms with E-state index in [1.165, 1.54) is 5.56 Å². The average Bonchev–Trinajstić information content (AvgIpc) is 2.74. The molecule has 2 aromatic rings. The Hall–Kier alpha value is -2.79. The molecular formula is C23H30N2O3. The van der Waals surface area contributed by atoms with E-state index in [9.17, 15) is 4.79 Å². The smallest absolute Gasteiger partial charge is 0.243 e. The lowest BCUT2D eigenvalue weighted by atomic mass is 10.1. The van der Waals surface area contributed by atoms with Crippen LogP contribution in [0, 0.1) is 0 Å². The summed E-state index contributed by atoms with van der Waals surface area (Å²) in [5, 5.41) is 6.31. The molecule has 2 N–H and O–H groups in total. The summed E-state index contributed by atoms with van der Waals surface area (Å²) in [4.78, 5) is 11.8. The molecule has 0 aliphatic rings. The Morgan fingerprint density at radius 3 is 2.43 bits per heavy atom. The van der Waals surface area contributed by atoms with Crippen molar-refractivity contribution < 1.29 is 14.3 Å². The van der Waals surface area contributed by atoms with E-state index in [-0.39, 0.29) is 5.91 Å². The molecule has 1 amide bonds. The van der Waals surface area contributed by atoms with Gasteiger partial charge in [-0.25, -0.2) is 0 Å².